The smallest absolute Gasteiger partial charge is 0.123 e. The van der Waals surface area contributed by atoms with E-state index in [2.05, 4.69) is 4.90 Å². The third-order valence-corrected chi connectivity index (χ3v) is 3.71. The van der Waals surface area contributed by atoms with E-state index in [4.69, 9.17) is 11.6 Å². The van der Waals surface area contributed by atoms with Crippen LogP contribution in [0.3, 0.4) is 0 Å². The molecule has 0 amide bonds. The highest BCUT2D eigenvalue weighted by atomic mass is 35.5. The van der Waals surface area contributed by atoms with Gasteiger partial charge in [-0.25, -0.2) is 4.39 Å². The predicted octanol–water partition coefficient (Wildman–Crippen LogP) is 3.81. The molecule has 3 heteroatoms. The topological polar surface area (TPSA) is 3.24 Å². The maximum absolute atomic E-state index is 13.1. The van der Waals surface area contributed by atoms with E-state index < -0.39 is 0 Å². The zero-order chi connectivity index (χ0) is 12.1. The molecule has 94 valence electrons. The number of halogens is 2. The van der Waals surface area contributed by atoms with Crippen molar-refractivity contribution in [1.29, 1.82) is 0 Å². The molecule has 1 fully saturated rings. The zero-order valence-corrected chi connectivity index (χ0v) is 10.8. The van der Waals surface area contributed by atoms with Gasteiger partial charge in [0, 0.05) is 18.5 Å². The average molecular weight is 256 g/mol. The maximum atomic E-state index is 13.1. The van der Waals surface area contributed by atoms with Gasteiger partial charge in [-0.2, -0.15) is 0 Å². The minimum atomic E-state index is -0.145. The fourth-order valence-electron chi connectivity index (χ4n) is 2.28. The van der Waals surface area contributed by atoms with Crippen LogP contribution >= 0.6 is 11.6 Å². The highest BCUT2D eigenvalue weighted by molar-refractivity contribution is 6.17. The van der Waals surface area contributed by atoms with Crippen molar-refractivity contribution in [1.82, 2.24) is 4.90 Å². The molecule has 17 heavy (non-hydrogen) atoms. The molecule has 0 saturated heterocycles. The van der Waals surface area contributed by atoms with Crippen molar-refractivity contribution >= 4 is 11.6 Å². The Balaban J connectivity index is 1.95. The summed E-state index contributed by atoms with van der Waals surface area (Å²) in [5.41, 5.74) is 1.06. The molecule has 0 radical (unpaired) electrons. The van der Waals surface area contributed by atoms with Gasteiger partial charge >= 0.3 is 0 Å². The lowest BCUT2D eigenvalue weighted by molar-refractivity contribution is 0.120. The van der Waals surface area contributed by atoms with Gasteiger partial charge in [-0.1, -0.05) is 18.6 Å². The Labute approximate surface area is 108 Å². The average Bonchev–Trinajstić information content (AvgIpc) is 2.23. The van der Waals surface area contributed by atoms with Crippen LogP contribution in [0.2, 0.25) is 0 Å². The number of alkyl halides is 1. The van der Waals surface area contributed by atoms with E-state index in [9.17, 15) is 4.39 Å². The van der Waals surface area contributed by atoms with Gasteiger partial charge in [0.1, 0.15) is 5.82 Å². The summed E-state index contributed by atoms with van der Waals surface area (Å²) in [4.78, 5) is 2.45. The summed E-state index contributed by atoms with van der Waals surface area (Å²) < 4.78 is 13.1. The molecule has 1 aromatic carbocycles. The maximum Gasteiger partial charge on any atom is 0.123 e. The van der Waals surface area contributed by atoms with Crippen molar-refractivity contribution in [3.63, 3.8) is 0 Å². The standard InChI is InChI=1S/C14H19ClFN/c15-8-3-9-17(14-6-2-7-14)11-12-4-1-5-13(16)10-12/h1,4-5,10,14H,2-3,6-9,11H2. The van der Waals surface area contributed by atoms with Crippen LogP contribution in [-0.2, 0) is 6.54 Å². The monoisotopic (exact) mass is 255 g/mol. The molecule has 1 saturated carbocycles. The summed E-state index contributed by atoms with van der Waals surface area (Å²) in [6, 6.07) is 7.59. The molecular formula is C14H19ClFN. The molecule has 0 heterocycles. The van der Waals surface area contributed by atoms with Crippen molar-refractivity contribution in [3.8, 4) is 0 Å². The molecule has 2 rings (SSSR count). The van der Waals surface area contributed by atoms with Crippen molar-refractivity contribution in [2.45, 2.75) is 38.3 Å². The number of benzene rings is 1. The highest BCUT2D eigenvalue weighted by Gasteiger charge is 2.24. The van der Waals surface area contributed by atoms with E-state index in [0.29, 0.717) is 11.9 Å². The molecule has 1 aliphatic carbocycles. The van der Waals surface area contributed by atoms with Gasteiger partial charge in [-0.15, -0.1) is 11.6 Å². The SMILES string of the molecule is Fc1cccc(CN(CCCCl)C2CCC2)c1. The molecule has 1 aromatic rings. The Hall–Kier alpha value is -0.600. The Kier molecular flexibility index (Phi) is 4.81. The van der Waals surface area contributed by atoms with Gasteiger partial charge in [0.25, 0.3) is 0 Å². The van der Waals surface area contributed by atoms with Crippen LogP contribution in [0.4, 0.5) is 4.39 Å². The molecule has 0 aromatic heterocycles. The number of hydrogen-bond donors (Lipinski definition) is 0. The fraction of sp³-hybridized carbons (Fsp3) is 0.571. The van der Waals surface area contributed by atoms with Crippen LogP contribution < -0.4 is 0 Å². The van der Waals surface area contributed by atoms with Gasteiger partial charge in [-0.05, 0) is 43.5 Å². The first-order chi connectivity index (χ1) is 8.29. The van der Waals surface area contributed by atoms with Crippen LogP contribution in [0, 0.1) is 5.82 Å². The van der Waals surface area contributed by atoms with Crippen LogP contribution in [0.25, 0.3) is 0 Å². The fourth-order valence-corrected chi connectivity index (χ4v) is 2.39. The van der Waals surface area contributed by atoms with E-state index in [1.165, 1.54) is 25.3 Å². The second kappa shape index (κ2) is 6.36. The second-order valence-electron chi connectivity index (χ2n) is 4.73. The van der Waals surface area contributed by atoms with Crippen molar-refractivity contribution in [2.75, 3.05) is 12.4 Å². The Morgan fingerprint density at radius 3 is 2.76 bits per heavy atom. The van der Waals surface area contributed by atoms with Gasteiger partial charge in [0.15, 0.2) is 0 Å². The van der Waals surface area contributed by atoms with Gasteiger partial charge in [-0.3, -0.25) is 4.90 Å². The van der Waals surface area contributed by atoms with Crippen molar-refractivity contribution in [2.24, 2.45) is 0 Å². The van der Waals surface area contributed by atoms with Gasteiger partial charge in [0.2, 0.25) is 0 Å². The molecule has 0 aliphatic heterocycles. The van der Waals surface area contributed by atoms with Gasteiger partial charge in [0.05, 0.1) is 0 Å². The Bertz CT molecular complexity index is 352. The van der Waals surface area contributed by atoms with Crippen LogP contribution in [0.1, 0.15) is 31.2 Å². The zero-order valence-electron chi connectivity index (χ0n) is 10.0. The van der Waals surface area contributed by atoms with Crippen molar-refractivity contribution < 1.29 is 4.39 Å². The highest BCUT2D eigenvalue weighted by Crippen LogP contribution is 2.26. The molecular weight excluding hydrogens is 237 g/mol. The summed E-state index contributed by atoms with van der Waals surface area (Å²) in [5, 5.41) is 0. The van der Waals surface area contributed by atoms with E-state index in [1.54, 1.807) is 12.1 Å². The lowest BCUT2D eigenvalue weighted by Gasteiger charge is -2.37. The molecule has 0 unspecified atom stereocenters. The number of nitrogens with zero attached hydrogens (tertiary/aromatic N) is 1. The largest absolute Gasteiger partial charge is 0.296 e. The summed E-state index contributed by atoms with van der Waals surface area (Å²) in [7, 11) is 0. The van der Waals surface area contributed by atoms with Gasteiger partial charge < -0.3 is 0 Å². The minimum absolute atomic E-state index is 0.145. The molecule has 0 bridgehead atoms. The quantitative estimate of drug-likeness (QED) is 0.699. The Morgan fingerprint density at radius 2 is 2.18 bits per heavy atom. The van der Waals surface area contributed by atoms with Crippen molar-refractivity contribution in [3.05, 3.63) is 35.6 Å². The molecule has 0 N–H and O–H groups in total. The first kappa shape index (κ1) is 12.8. The normalized spacial score (nSPS) is 16.2. The summed E-state index contributed by atoms with van der Waals surface area (Å²) in [6.07, 6.45) is 4.88. The molecule has 0 atom stereocenters. The molecule has 1 nitrogen and oxygen atoms in total. The van der Waals surface area contributed by atoms with E-state index in [0.717, 1.165) is 25.1 Å². The lowest BCUT2D eigenvalue weighted by Crippen LogP contribution is -2.40. The number of rotatable bonds is 6. The van der Waals surface area contributed by atoms with Crippen LogP contribution in [0.15, 0.2) is 24.3 Å². The molecule has 1 aliphatic rings. The van der Waals surface area contributed by atoms with E-state index in [-0.39, 0.29) is 5.82 Å². The Morgan fingerprint density at radius 1 is 1.35 bits per heavy atom. The second-order valence-corrected chi connectivity index (χ2v) is 5.11. The lowest BCUT2D eigenvalue weighted by atomic mass is 9.91. The van der Waals surface area contributed by atoms with E-state index in [1.807, 2.05) is 6.07 Å². The number of hydrogen-bond acceptors (Lipinski definition) is 1. The molecule has 0 spiro atoms. The summed E-state index contributed by atoms with van der Waals surface area (Å²) in [5.74, 6) is 0.556. The third-order valence-electron chi connectivity index (χ3n) is 3.44. The first-order valence-electron chi connectivity index (χ1n) is 6.34. The summed E-state index contributed by atoms with van der Waals surface area (Å²) >= 11 is 5.75. The predicted molar refractivity (Wildman–Crippen MR) is 69.8 cm³/mol. The van der Waals surface area contributed by atoms with Crippen LogP contribution in [0.5, 0.6) is 0 Å². The third kappa shape index (κ3) is 3.68. The summed E-state index contributed by atoms with van der Waals surface area (Å²) in [6.45, 7) is 1.87. The van der Waals surface area contributed by atoms with Crippen LogP contribution in [-0.4, -0.2) is 23.4 Å². The minimum Gasteiger partial charge on any atom is -0.296 e. The first-order valence-corrected chi connectivity index (χ1v) is 6.87. The van der Waals surface area contributed by atoms with E-state index >= 15 is 0 Å².